The summed E-state index contributed by atoms with van der Waals surface area (Å²) < 4.78 is 1.95. The molecule has 1 unspecified atom stereocenters. The molecule has 0 aliphatic rings. The van der Waals surface area contributed by atoms with Gasteiger partial charge in [0, 0.05) is 20.2 Å². The molecule has 5 heteroatoms. The van der Waals surface area contributed by atoms with E-state index < -0.39 is 6.10 Å². The molecular formula is C13H19N3O2. The van der Waals surface area contributed by atoms with Crippen molar-refractivity contribution >= 4 is 11.0 Å². The van der Waals surface area contributed by atoms with Crippen LogP contribution in [0.4, 0.5) is 0 Å². The van der Waals surface area contributed by atoms with Crippen LogP contribution in [-0.4, -0.2) is 39.5 Å². The minimum atomic E-state index is -0.546. The lowest BCUT2D eigenvalue weighted by Gasteiger charge is -2.12. The molecule has 0 amide bonds. The Bertz CT molecular complexity index is 510. The summed E-state index contributed by atoms with van der Waals surface area (Å²) in [6.45, 7) is 1.36. The molecule has 0 aliphatic heterocycles. The second-order valence-corrected chi connectivity index (χ2v) is 4.40. The van der Waals surface area contributed by atoms with Gasteiger partial charge < -0.3 is 20.1 Å². The molecule has 3 N–H and O–H groups in total. The first-order chi connectivity index (χ1) is 8.72. The number of hydrogen-bond acceptors (Lipinski definition) is 4. The first-order valence-electron chi connectivity index (χ1n) is 6.13. The van der Waals surface area contributed by atoms with Crippen molar-refractivity contribution in [3.05, 3.63) is 30.1 Å². The number of nitrogens with one attached hydrogen (secondary N) is 1. The average Bonchev–Trinajstić information content (AvgIpc) is 2.76. The van der Waals surface area contributed by atoms with Crippen molar-refractivity contribution in [1.82, 2.24) is 14.9 Å². The van der Waals surface area contributed by atoms with Crippen LogP contribution in [0.2, 0.25) is 0 Å². The molecule has 0 aliphatic carbocycles. The van der Waals surface area contributed by atoms with Crippen molar-refractivity contribution < 1.29 is 10.2 Å². The number of benzene rings is 1. The number of aliphatic hydroxyl groups excluding tert-OH is 2. The van der Waals surface area contributed by atoms with Crippen molar-refractivity contribution in [2.45, 2.75) is 12.5 Å². The van der Waals surface area contributed by atoms with Crippen LogP contribution in [0.25, 0.3) is 11.0 Å². The molecule has 1 heterocycles. The Morgan fingerprint density at radius 1 is 1.44 bits per heavy atom. The van der Waals surface area contributed by atoms with E-state index in [-0.39, 0.29) is 6.61 Å². The molecule has 18 heavy (non-hydrogen) atoms. The van der Waals surface area contributed by atoms with Gasteiger partial charge in [-0.25, -0.2) is 4.98 Å². The van der Waals surface area contributed by atoms with E-state index in [1.54, 1.807) is 6.33 Å². The van der Waals surface area contributed by atoms with Gasteiger partial charge in [-0.3, -0.25) is 0 Å². The summed E-state index contributed by atoms with van der Waals surface area (Å²) in [4.78, 5) is 4.27. The van der Waals surface area contributed by atoms with Gasteiger partial charge in [-0.15, -0.1) is 0 Å². The van der Waals surface area contributed by atoms with Gasteiger partial charge in [0.1, 0.15) is 0 Å². The number of imidazole rings is 1. The molecular weight excluding hydrogens is 230 g/mol. The molecule has 0 radical (unpaired) electrons. The Morgan fingerprint density at radius 3 is 3.06 bits per heavy atom. The van der Waals surface area contributed by atoms with Crippen molar-refractivity contribution in [3.63, 3.8) is 0 Å². The first kappa shape index (κ1) is 13.0. The predicted octanol–water partition coefficient (Wildman–Crippen LogP) is 0.579. The highest BCUT2D eigenvalue weighted by molar-refractivity contribution is 5.76. The van der Waals surface area contributed by atoms with E-state index in [2.05, 4.69) is 10.3 Å². The standard InChI is InChI=1S/C13H19N3O2/c1-16-9-15-11-7-10(3-4-12(11)16)13(18)8-14-5-2-6-17/h3-4,7,9,13-14,17-18H,2,5-6,8H2,1H3. The van der Waals surface area contributed by atoms with Gasteiger partial charge in [0.2, 0.25) is 0 Å². The zero-order chi connectivity index (χ0) is 13.0. The largest absolute Gasteiger partial charge is 0.396 e. The minimum Gasteiger partial charge on any atom is -0.396 e. The van der Waals surface area contributed by atoms with Crippen LogP contribution in [0, 0.1) is 0 Å². The van der Waals surface area contributed by atoms with E-state index in [1.165, 1.54) is 0 Å². The van der Waals surface area contributed by atoms with Crippen LogP contribution in [0.5, 0.6) is 0 Å². The van der Waals surface area contributed by atoms with E-state index in [4.69, 9.17) is 5.11 Å². The number of fused-ring (bicyclic) bond motifs is 1. The smallest absolute Gasteiger partial charge is 0.0955 e. The number of nitrogens with zero attached hydrogens (tertiary/aromatic N) is 2. The van der Waals surface area contributed by atoms with Crippen molar-refractivity contribution in [1.29, 1.82) is 0 Å². The highest BCUT2D eigenvalue weighted by Gasteiger charge is 2.09. The maximum Gasteiger partial charge on any atom is 0.0955 e. The Hall–Kier alpha value is -1.43. The molecule has 0 fully saturated rings. The predicted molar refractivity (Wildman–Crippen MR) is 70.2 cm³/mol. The zero-order valence-corrected chi connectivity index (χ0v) is 10.5. The Kier molecular flexibility index (Phi) is 4.30. The monoisotopic (exact) mass is 249 g/mol. The lowest BCUT2D eigenvalue weighted by atomic mass is 10.1. The summed E-state index contributed by atoms with van der Waals surface area (Å²) in [5, 5.41) is 21.8. The van der Waals surface area contributed by atoms with Crippen LogP contribution in [0.3, 0.4) is 0 Å². The third-order valence-electron chi connectivity index (χ3n) is 2.98. The van der Waals surface area contributed by atoms with Crippen LogP contribution < -0.4 is 5.32 Å². The van der Waals surface area contributed by atoms with Gasteiger partial charge in [-0.05, 0) is 30.7 Å². The van der Waals surface area contributed by atoms with Crippen molar-refractivity contribution in [3.8, 4) is 0 Å². The van der Waals surface area contributed by atoms with Gasteiger partial charge in [-0.2, -0.15) is 0 Å². The SMILES string of the molecule is Cn1cnc2cc(C(O)CNCCCO)ccc21. The lowest BCUT2D eigenvalue weighted by molar-refractivity contribution is 0.173. The Labute approximate surface area is 106 Å². The molecule has 1 aromatic heterocycles. The third-order valence-corrected chi connectivity index (χ3v) is 2.98. The van der Waals surface area contributed by atoms with Crippen LogP contribution in [0.15, 0.2) is 24.5 Å². The highest BCUT2D eigenvalue weighted by Crippen LogP contribution is 2.18. The number of hydrogen-bond donors (Lipinski definition) is 3. The van der Waals surface area contributed by atoms with E-state index >= 15 is 0 Å². The van der Waals surface area contributed by atoms with E-state index in [1.807, 2.05) is 29.8 Å². The summed E-state index contributed by atoms with van der Waals surface area (Å²) in [7, 11) is 1.95. The Morgan fingerprint density at radius 2 is 2.28 bits per heavy atom. The Balaban J connectivity index is 2.01. The van der Waals surface area contributed by atoms with Crippen LogP contribution in [0.1, 0.15) is 18.1 Å². The summed E-state index contributed by atoms with van der Waals surface area (Å²) in [6, 6.07) is 5.80. The number of rotatable bonds is 6. The number of aromatic nitrogens is 2. The van der Waals surface area contributed by atoms with E-state index in [9.17, 15) is 5.11 Å². The van der Waals surface area contributed by atoms with Gasteiger partial charge in [0.25, 0.3) is 0 Å². The summed E-state index contributed by atoms with van der Waals surface area (Å²) in [5.74, 6) is 0. The van der Waals surface area contributed by atoms with Crippen LogP contribution >= 0.6 is 0 Å². The highest BCUT2D eigenvalue weighted by atomic mass is 16.3. The van der Waals surface area contributed by atoms with Crippen molar-refractivity contribution in [2.24, 2.45) is 7.05 Å². The second kappa shape index (κ2) is 5.95. The summed E-state index contributed by atoms with van der Waals surface area (Å²) in [5.41, 5.74) is 2.81. The normalized spacial score (nSPS) is 13.1. The van der Waals surface area contributed by atoms with Gasteiger partial charge in [-0.1, -0.05) is 6.07 Å². The van der Waals surface area contributed by atoms with E-state index in [0.717, 1.165) is 16.6 Å². The van der Waals surface area contributed by atoms with Gasteiger partial charge in [0.15, 0.2) is 0 Å². The quantitative estimate of drug-likeness (QED) is 0.655. The van der Waals surface area contributed by atoms with Gasteiger partial charge in [0.05, 0.1) is 23.5 Å². The lowest BCUT2D eigenvalue weighted by Crippen LogP contribution is -2.23. The minimum absolute atomic E-state index is 0.170. The molecule has 0 spiro atoms. The molecule has 2 rings (SSSR count). The number of aryl methyl sites for hydroxylation is 1. The molecule has 1 aromatic carbocycles. The zero-order valence-electron chi connectivity index (χ0n) is 10.5. The molecule has 2 aromatic rings. The second-order valence-electron chi connectivity index (χ2n) is 4.40. The third kappa shape index (κ3) is 2.87. The molecule has 0 saturated carbocycles. The first-order valence-corrected chi connectivity index (χ1v) is 6.13. The fourth-order valence-electron chi connectivity index (χ4n) is 1.92. The van der Waals surface area contributed by atoms with Gasteiger partial charge >= 0.3 is 0 Å². The topological polar surface area (TPSA) is 70.3 Å². The van der Waals surface area contributed by atoms with Crippen LogP contribution in [-0.2, 0) is 7.05 Å². The fraction of sp³-hybridized carbons (Fsp3) is 0.462. The molecule has 1 atom stereocenters. The molecule has 5 nitrogen and oxygen atoms in total. The fourth-order valence-corrected chi connectivity index (χ4v) is 1.92. The van der Waals surface area contributed by atoms with Crippen molar-refractivity contribution in [2.75, 3.05) is 19.7 Å². The summed E-state index contributed by atoms with van der Waals surface area (Å²) >= 11 is 0. The maximum atomic E-state index is 10.0. The van der Waals surface area contributed by atoms with E-state index in [0.29, 0.717) is 19.5 Å². The number of aliphatic hydroxyl groups is 2. The molecule has 0 bridgehead atoms. The molecule has 98 valence electrons. The summed E-state index contributed by atoms with van der Waals surface area (Å²) in [6.07, 6.45) is 1.92. The average molecular weight is 249 g/mol. The maximum absolute atomic E-state index is 10.0. The molecule has 0 saturated heterocycles.